The summed E-state index contributed by atoms with van der Waals surface area (Å²) in [6.45, 7) is 5.91. The third kappa shape index (κ3) is 6.32. The Labute approximate surface area is 237 Å². The highest BCUT2D eigenvalue weighted by Crippen LogP contribution is 2.45. The first-order chi connectivity index (χ1) is 19.5. The van der Waals surface area contributed by atoms with Crippen LogP contribution in [-0.2, 0) is 0 Å². The predicted octanol–water partition coefficient (Wildman–Crippen LogP) is 10.9. The topological polar surface area (TPSA) is 9.23 Å². The highest BCUT2D eigenvalue weighted by atomic mass is 19.2. The SMILES string of the molecule is C=CCOc1ccc(-c2ccc(-c3ccc(C4CCC(C5CCC(CCC)CC5)CC4)cc3F)cc2)c(F)c1F. The van der Waals surface area contributed by atoms with E-state index < -0.39 is 11.6 Å². The molecule has 2 aliphatic carbocycles. The van der Waals surface area contributed by atoms with Gasteiger partial charge in [0.1, 0.15) is 12.4 Å². The molecular weight excluding hydrogens is 505 g/mol. The fourth-order valence-corrected chi connectivity index (χ4v) is 7.14. The molecule has 4 heteroatoms. The number of hydrogen-bond acceptors (Lipinski definition) is 1. The molecule has 212 valence electrons. The smallest absolute Gasteiger partial charge is 0.201 e. The Hall–Kier alpha value is -3.01. The molecule has 0 unspecified atom stereocenters. The molecule has 0 heterocycles. The zero-order valence-electron chi connectivity index (χ0n) is 23.6. The van der Waals surface area contributed by atoms with Crippen LogP contribution in [0, 0.1) is 35.2 Å². The van der Waals surface area contributed by atoms with E-state index in [1.807, 2.05) is 6.07 Å². The van der Waals surface area contributed by atoms with Gasteiger partial charge >= 0.3 is 0 Å². The number of rotatable bonds is 9. The molecule has 0 atom stereocenters. The average molecular weight is 547 g/mol. The maximum Gasteiger partial charge on any atom is 0.201 e. The van der Waals surface area contributed by atoms with Gasteiger partial charge in [0.05, 0.1) is 0 Å². The summed E-state index contributed by atoms with van der Waals surface area (Å²) in [6.07, 6.45) is 14.6. The van der Waals surface area contributed by atoms with Crippen molar-refractivity contribution in [3.63, 3.8) is 0 Å². The van der Waals surface area contributed by atoms with Gasteiger partial charge in [0.15, 0.2) is 11.6 Å². The van der Waals surface area contributed by atoms with E-state index in [2.05, 4.69) is 19.6 Å². The lowest BCUT2D eigenvalue weighted by molar-refractivity contribution is 0.156. The average Bonchev–Trinajstić information content (AvgIpc) is 2.99. The minimum atomic E-state index is -1.03. The van der Waals surface area contributed by atoms with Gasteiger partial charge < -0.3 is 4.74 Å². The van der Waals surface area contributed by atoms with Gasteiger partial charge in [-0.15, -0.1) is 0 Å². The van der Waals surface area contributed by atoms with Gasteiger partial charge in [-0.3, -0.25) is 0 Å². The van der Waals surface area contributed by atoms with Crippen LogP contribution < -0.4 is 4.74 Å². The van der Waals surface area contributed by atoms with Gasteiger partial charge in [0.2, 0.25) is 5.82 Å². The fraction of sp³-hybridized carbons (Fsp3) is 0.444. The first-order valence-electron chi connectivity index (χ1n) is 15.1. The lowest BCUT2D eigenvalue weighted by Gasteiger charge is -2.38. The molecule has 40 heavy (non-hydrogen) atoms. The minimum Gasteiger partial charge on any atom is -0.486 e. The number of benzene rings is 3. The van der Waals surface area contributed by atoms with Crippen molar-refractivity contribution in [2.45, 2.75) is 77.0 Å². The van der Waals surface area contributed by atoms with E-state index in [0.29, 0.717) is 22.6 Å². The minimum absolute atomic E-state index is 0.0933. The molecule has 3 aromatic rings. The molecule has 2 fully saturated rings. The second-order valence-electron chi connectivity index (χ2n) is 11.8. The summed E-state index contributed by atoms with van der Waals surface area (Å²) in [6, 6.07) is 15.5. The molecule has 5 rings (SSSR count). The molecule has 3 aromatic carbocycles. The first kappa shape index (κ1) is 28.5. The van der Waals surface area contributed by atoms with Crippen molar-refractivity contribution in [1.29, 1.82) is 0 Å². The van der Waals surface area contributed by atoms with E-state index in [0.717, 1.165) is 36.2 Å². The van der Waals surface area contributed by atoms with Gasteiger partial charge in [0.25, 0.3) is 0 Å². The van der Waals surface area contributed by atoms with Gasteiger partial charge in [-0.1, -0.05) is 81.7 Å². The molecule has 0 N–H and O–H groups in total. The third-order valence-electron chi connectivity index (χ3n) is 9.40. The maximum atomic E-state index is 15.3. The molecule has 2 aliphatic rings. The highest BCUT2D eigenvalue weighted by molar-refractivity contribution is 5.71. The van der Waals surface area contributed by atoms with Crippen LogP contribution >= 0.6 is 0 Å². The summed E-state index contributed by atoms with van der Waals surface area (Å²) in [4.78, 5) is 0. The maximum absolute atomic E-state index is 15.3. The van der Waals surface area contributed by atoms with E-state index in [9.17, 15) is 8.78 Å². The number of ether oxygens (including phenoxy) is 1. The van der Waals surface area contributed by atoms with Crippen molar-refractivity contribution in [1.82, 2.24) is 0 Å². The third-order valence-corrected chi connectivity index (χ3v) is 9.40. The number of halogens is 3. The Balaban J connectivity index is 1.21. The van der Waals surface area contributed by atoms with Crippen molar-refractivity contribution < 1.29 is 17.9 Å². The largest absolute Gasteiger partial charge is 0.486 e. The van der Waals surface area contributed by atoms with Crippen molar-refractivity contribution in [2.75, 3.05) is 6.61 Å². The Morgan fingerprint density at radius 3 is 1.95 bits per heavy atom. The van der Waals surface area contributed by atoms with Crippen molar-refractivity contribution in [3.05, 3.63) is 90.3 Å². The summed E-state index contributed by atoms with van der Waals surface area (Å²) in [5, 5.41) is 0. The first-order valence-corrected chi connectivity index (χ1v) is 15.1. The molecule has 2 saturated carbocycles. The zero-order valence-corrected chi connectivity index (χ0v) is 23.6. The quantitative estimate of drug-likeness (QED) is 0.243. The van der Waals surface area contributed by atoms with Crippen molar-refractivity contribution in [3.8, 4) is 28.0 Å². The van der Waals surface area contributed by atoms with Crippen LogP contribution in [-0.4, -0.2) is 6.61 Å². The van der Waals surface area contributed by atoms with Crippen LogP contribution in [0.4, 0.5) is 13.2 Å². The molecular formula is C36H41F3O. The Bertz CT molecular complexity index is 1280. The van der Waals surface area contributed by atoms with E-state index in [-0.39, 0.29) is 23.7 Å². The van der Waals surface area contributed by atoms with E-state index in [4.69, 9.17) is 4.74 Å². The van der Waals surface area contributed by atoms with Crippen LogP contribution in [0.5, 0.6) is 5.75 Å². The molecule has 1 nitrogen and oxygen atoms in total. The molecule has 0 saturated heterocycles. The number of hydrogen-bond donors (Lipinski definition) is 0. The molecule has 0 spiro atoms. The second kappa shape index (κ2) is 13.1. The van der Waals surface area contributed by atoms with Gasteiger partial charge in [0, 0.05) is 11.1 Å². The summed E-state index contributed by atoms with van der Waals surface area (Å²) in [5.41, 5.74) is 2.98. The Morgan fingerprint density at radius 1 is 0.750 bits per heavy atom. The summed E-state index contributed by atoms with van der Waals surface area (Å²) >= 11 is 0. The van der Waals surface area contributed by atoms with Gasteiger partial charge in [-0.05, 0) is 97.1 Å². The highest BCUT2D eigenvalue weighted by Gasteiger charge is 2.31. The second-order valence-corrected chi connectivity index (χ2v) is 11.8. The molecule has 0 bridgehead atoms. The predicted molar refractivity (Wildman–Crippen MR) is 158 cm³/mol. The zero-order chi connectivity index (χ0) is 28.1. The molecule has 0 aliphatic heterocycles. The normalized spacial score (nSPS) is 23.1. The van der Waals surface area contributed by atoms with Crippen molar-refractivity contribution >= 4 is 0 Å². The summed E-state index contributed by atoms with van der Waals surface area (Å²) in [5.74, 6) is 0.733. The van der Waals surface area contributed by atoms with Gasteiger partial charge in [-0.2, -0.15) is 4.39 Å². The summed E-state index contributed by atoms with van der Waals surface area (Å²) in [7, 11) is 0. The van der Waals surface area contributed by atoms with Crippen LogP contribution in [0.25, 0.3) is 22.3 Å². The Kier molecular flexibility index (Phi) is 9.34. The Morgan fingerprint density at radius 2 is 1.35 bits per heavy atom. The van der Waals surface area contributed by atoms with E-state index >= 15 is 4.39 Å². The summed E-state index contributed by atoms with van der Waals surface area (Å²) < 4.78 is 49.6. The lowest BCUT2D eigenvalue weighted by atomic mass is 9.68. The molecule has 0 aromatic heterocycles. The monoisotopic (exact) mass is 546 g/mol. The van der Waals surface area contributed by atoms with Crippen LogP contribution in [0.15, 0.2) is 67.3 Å². The van der Waals surface area contributed by atoms with Crippen LogP contribution in [0.1, 0.15) is 82.6 Å². The van der Waals surface area contributed by atoms with Gasteiger partial charge in [-0.25, -0.2) is 8.78 Å². The molecule has 0 radical (unpaired) electrons. The molecule has 0 amide bonds. The van der Waals surface area contributed by atoms with E-state index in [1.165, 1.54) is 69.6 Å². The van der Waals surface area contributed by atoms with E-state index in [1.54, 1.807) is 30.3 Å². The van der Waals surface area contributed by atoms with Crippen LogP contribution in [0.2, 0.25) is 0 Å². The van der Waals surface area contributed by atoms with Crippen molar-refractivity contribution in [2.24, 2.45) is 17.8 Å². The fourth-order valence-electron chi connectivity index (χ4n) is 7.14. The lowest BCUT2D eigenvalue weighted by Crippen LogP contribution is -2.25. The standard InChI is InChI=1S/C36H41F3O/c1-3-5-24-6-8-25(9-7-24)26-10-12-27(13-11-26)30-18-19-31(33(37)23-30)28-14-16-29(17-15-28)32-20-21-34(40-22-4-2)36(39)35(32)38/h4,14-21,23-27H,2-3,5-13,22H2,1H3. The van der Waals surface area contributed by atoms with Crippen LogP contribution in [0.3, 0.4) is 0 Å².